The quantitative estimate of drug-likeness (QED) is 0.377. The van der Waals surface area contributed by atoms with Crippen LogP contribution in [0, 0.1) is 0 Å². The Bertz CT molecular complexity index is 425. The van der Waals surface area contributed by atoms with E-state index < -0.39 is 20.2 Å². The van der Waals surface area contributed by atoms with Crippen molar-refractivity contribution in [3.05, 3.63) is 0 Å². The van der Waals surface area contributed by atoms with Gasteiger partial charge in [-0.3, -0.25) is 0 Å². The van der Waals surface area contributed by atoms with Gasteiger partial charge in [0.05, 0.1) is 11.5 Å². The number of unbranched alkanes of at least 4 members (excludes halogenated alkanes) is 10. The Morgan fingerprint density at radius 2 is 0.826 bits per heavy atom. The fourth-order valence-corrected chi connectivity index (χ4v) is 5.27. The maximum absolute atomic E-state index is 11.7. The molecule has 0 fully saturated rings. The highest BCUT2D eigenvalue weighted by Gasteiger charge is 2.21. The maximum atomic E-state index is 11.7. The van der Waals surface area contributed by atoms with Crippen LogP contribution in [0.2, 0.25) is 0 Å². The second-order valence-electron chi connectivity index (χ2n) is 6.13. The Labute approximate surface area is 143 Å². The van der Waals surface area contributed by atoms with Crippen molar-refractivity contribution in [2.75, 3.05) is 11.5 Å². The predicted octanol–water partition coefficient (Wildman–Crippen LogP) is 4.38. The molecular weight excluding hydrogens is 336 g/mol. The van der Waals surface area contributed by atoms with Crippen LogP contribution in [0.15, 0.2) is 0 Å². The average molecular weight is 371 g/mol. The van der Waals surface area contributed by atoms with E-state index in [1.54, 1.807) is 0 Å². The van der Waals surface area contributed by atoms with Gasteiger partial charge in [-0.25, -0.2) is 0 Å². The second kappa shape index (κ2) is 13.2. The monoisotopic (exact) mass is 370 g/mol. The van der Waals surface area contributed by atoms with E-state index in [9.17, 15) is 16.8 Å². The van der Waals surface area contributed by atoms with Crippen LogP contribution in [-0.2, 0) is 23.9 Å². The molecule has 140 valence electrons. The van der Waals surface area contributed by atoms with Crippen LogP contribution in [0.5, 0.6) is 0 Å². The summed E-state index contributed by atoms with van der Waals surface area (Å²) in [6, 6.07) is 0. The van der Waals surface area contributed by atoms with Gasteiger partial charge in [0.25, 0.3) is 20.2 Å². The molecule has 0 aromatic rings. The lowest BCUT2D eigenvalue weighted by molar-refractivity contribution is 0.457. The molecule has 0 amide bonds. The fraction of sp³-hybridized carbons (Fsp3) is 1.00. The molecule has 0 saturated heterocycles. The summed E-state index contributed by atoms with van der Waals surface area (Å²) < 4.78 is 51.3. The number of rotatable bonds is 16. The van der Waals surface area contributed by atoms with Gasteiger partial charge in [0.1, 0.15) is 0 Å². The molecule has 0 aromatic carbocycles. The zero-order valence-electron chi connectivity index (χ0n) is 14.8. The minimum atomic E-state index is -3.97. The first kappa shape index (κ1) is 22.9. The van der Waals surface area contributed by atoms with E-state index in [0.717, 1.165) is 64.2 Å². The molecule has 0 radical (unpaired) electrons. The molecule has 0 bridgehead atoms. The molecule has 0 N–H and O–H groups in total. The van der Waals surface area contributed by atoms with Crippen LogP contribution in [-0.4, -0.2) is 28.3 Å². The number of hydrogen-bond donors (Lipinski definition) is 0. The van der Waals surface area contributed by atoms with Crippen molar-refractivity contribution in [1.82, 2.24) is 0 Å². The molecular formula is C16H34O5S2. The molecule has 0 aromatic heterocycles. The molecule has 0 atom stereocenters. The van der Waals surface area contributed by atoms with Crippen LogP contribution in [0.25, 0.3) is 0 Å². The van der Waals surface area contributed by atoms with E-state index in [-0.39, 0.29) is 11.5 Å². The minimum Gasteiger partial charge on any atom is -0.198 e. The summed E-state index contributed by atoms with van der Waals surface area (Å²) >= 11 is 0. The largest absolute Gasteiger partial charge is 0.281 e. The molecule has 0 aliphatic rings. The summed E-state index contributed by atoms with van der Waals surface area (Å²) in [4.78, 5) is 0. The first-order valence-corrected chi connectivity index (χ1v) is 12.1. The van der Waals surface area contributed by atoms with Gasteiger partial charge in [-0.1, -0.05) is 78.1 Å². The molecule has 23 heavy (non-hydrogen) atoms. The zero-order valence-corrected chi connectivity index (χ0v) is 16.4. The van der Waals surface area contributed by atoms with Crippen LogP contribution >= 0.6 is 0 Å². The van der Waals surface area contributed by atoms with Crippen molar-refractivity contribution in [2.45, 2.75) is 90.9 Å². The van der Waals surface area contributed by atoms with E-state index in [2.05, 4.69) is 17.5 Å². The summed E-state index contributed by atoms with van der Waals surface area (Å²) in [6.45, 7) is 4.24. The van der Waals surface area contributed by atoms with Crippen molar-refractivity contribution in [3.8, 4) is 0 Å². The van der Waals surface area contributed by atoms with E-state index in [0.29, 0.717) is 12.8 Å². The highest BCUT2D eigenvalue weighted by molar-refractivity contribution is 7.99. The summed E-state index contributed by atoms with van der Waals surface area (Å²) in [7, 11) is -7.94. The van der Waals surface area contributed by atoms with Crippen LogP contribution in [0.4, 0.5) is 0 Å². The van der Waals surface area contributed by atoms with E-state index in [1.165, 1.54) is 0 Å². The summed E-state index contributed by atoms with van der Waals surface area (Å²) in [5.41, 5.74) is 0. The minimum absolute atomic E-state index is 0.213. The van der Waals surface area contributed by atoms with Gasteiger partial charge in [0.2, 0.25) is 0 Å². The van der Waals surface area contributed by atoms with E-state index >= 15 is 0 Å². The second-order valence-corrected chi connectivity index (χ2v) is 9.72. The maximum Gasteiger partial charge on any atom is 0.281 e. The molecule has 7 heteroatoms. The van der Waals surface area contributed by atoms with Crippen molar-refractivity contribution < 1.29 is 20.5 Å². The lowest BCUT2D eigenvalue weighted by Crippen LogP contribution is -2.19. The average Bonchev–Trinajstić information content (AvgIpc) is 2.45. The van der Waals surface area contributed by atoms with E-state index in [4.69, 9.17) is 0 Å². The molecule has 0 aliphatic carbocycles. The zero-order chi connectivity index (χ0) is 17.6. The van der Waals surface area contributed by atoms with Gasteiger partial charge in [-0.15, -0.1) is 3.63 Å². The van der Waals surface area contributed by atoms with Gasteiger partial charge in [-0.05, 0) is 12.8 Å². The summed E-state index contributed by atoms with van der Waals surface area (Å²) in [6.07, 6.45) is 11.2. The highest BCUT2D eigenvalue weighted by atomic mass is 32.3. The first-order chi connectivity index (χ1) is 10.8. The molecule has 0 saturated carbocycles. The van der Waals surface area contributed by atoms with Crippen molar-refractivity contribution in [1.29, 1.82) is 0 Å². The topological polar surface area (TPSA) is 77.5 Å². The Balaban J connectivity index is 3.92. The van der Waals surface area contributed by atoms with Gasteiger partial charge in [0, 0.05) is 0 Å². The lowest BCUT2D eigenvalue weighted by Gasteiger charge is -2.06. The Morgan fingerprint density at radius 3 is 1.17 bits per heavy atom. The third kappa shape index (κ3) is 15.1. The fourth-order valence-electron chi connectivity index (χ4n) is 2.34. The molecule has 5 nitrogen and oxygen atoms in total. The first-order valence-electron chi connectivity index (χ1n) is 8.99. The van der Waals surface area contributed by atoms with Crippen LogP contribution in [0.3, 0.4) is 0 Å². The smallest absolute Gasteiger partial charge is 0.198 e. The standard InChI is InChI=1S/C16H34O5S2/c1-3-5-7-9-11-13-15-22(17,18)21-23(19,20)16-14-12-10-8-6-4-2/h3-16H2,1-2H3. The lowest BCUT2D eigenvalue weighted by atomic mass is 10.1. The van der Waals surface area contributed by atoms with Gasteiger partial charge in [-0.2, -0.15) is 16.8 Å². The SMILES string of the molecule is CCCCCCCCS(=O)(=O)OS(=O)(=O)CCCCCCCC. The van der Waals surface area contributed by atoms with Gasteiger partial charge >= 0.3 is 0 Å². The highest BCUT2D eigenvalue weighted by Crippen LogP contribution is 2.12. The molecule has 0 rings (SSSR count). The van der Waals surface area contributed by atoms with E-state index in [1.807, 2.05) is 0 Å². The molecule has 0 aliphatic heterocycles. The van der Waals surface area contributed by atoms with Crippen LogP contribution in [0.1, 0.15) is 90.9 Å². The number of hydrogen-bond acceptors (Lipinski definition) is 5. The third-order valence-corrected chi connectivity index (χ3v) is 6.94. The molecule has 0 unspecified atom stereocenters. The van der Waals surface area contributed by atoms with Crippen molar-refractivity contribution in [3.63, 3.8) is 0 Å². The molecule has 0 heterocycles. The Hall–Kier alpha value is -0.140. The normalized spacial score (nSPS) is 12.6. The van der Waals surface area contributed by atoms with Crippen molar-refractivity contribution >= 4 is 20.2 Å². The van der Waals surface area contributed by atoms with Crippen molar-refractivity contribution in [2.24, 2.45) is 0 Å². The summed E-state index contributed by atoms with van der Waals surface area (Å²) in [5, 5.41) is 0. The third-order valence-electron chi connectivity index (χ3n) is 3.70. The Kier molecular flexibility index (Phi) is 13.1. The van der Waals surface area contributed by atoms with Crippen LogP contribution < -0.4 is 0 Å². The van der Waals surface area contributed by atoms with Gasteiger partial charge < -0.3 is 0 Å². The Morgan fingerprint density at radius 1 is 0.522 bits per heavy atom. The van der Waals surface area contributed by atoms with Gasteiger partial charge in [0.15, 0.2) is 0 Å². The molecule has 0 spiro atoms. The predicted molar refractivity (Wildman–Crippen MR) is 95.4 cm³/mol. The summed E-state index contributed by atoms with van der Waals surface area (Å²) in [5.74, 6) is -0.427.